The molecule has 7 aromatic carbocycles. The predicted molar refractivity (Wildman–Crippen MR) is 190 cm³/mol. The second-order valence-electron chi connectivity index (χ2n) is 12.3. The summed E-state index contributed by atoms with van der Waals surface area (Å²) >= 11 is 0. The van der Waals surface area contributed by atoms with Crippen LogP contribution in [0.15, 0.2) is 157 Å². The lowest BCUT2D eigenvalue weighted by Crippen LogP contribution is -2.09. The highest BCUT2D eigenvalue weighted by Crippen LogP contribution is 2.49. The number of fused-ring (bicyclic) bond motifs is 8. The van der Waals surface area contributed by atoms with Crippen LogP contribution in [0.2, 0.25) is 0 Å². The first kappa shape index (κ1) is 24.7. The van der Waals surface area contributed by atoms with Crippen LogP contribution in [0.4, 0.5) is 0 Å². The van der Waals surface area contributed by atoms with Gasteiger partial charge in [-0.05, 0) is 86.1 Å². The SMILES string of the molecule is C1=CN=C2c3c4ccccc4c(-c4ccc(-c5ccc6c(c5)c5ccccc5n6-c5ccccc5)cc4)c4cccc(c34)C2C1. The molecule has 210 valence electrons. The van der Waals surface area contributed by atoms with Crippen LogP contribution in [0.1, 0.15) is 23.5 Å². The van der Waals surface area contributed by atoms with Gasteiger partial charge >= 0.3 is 0 Å². The van der Waals surface area contributed by atoms with Gasteiger partial charge in [-0.3, -0.25) is 4.99 Å². The maximum Gasteiger partial charge on any atom is 0.0566 e. The van der Waals surface area contributed by atoms with Crippen molar-refractivity contribution in [3.05, 3.63) is 163 Å². The van der Waals surface area contributed by atoms with E-state index in [0.29, 0.717) is 5.92 Å². The second-order valence-corrected chi connectivity index (χ2v) is 12.3. The number of para-hydroxylation sites is 2. The summed E-state index contributed by atoms with van der Waals surface area (Å²) in [6.45, 7) is 0. The Morgan fingerprint density at radius 1 is 0.511 bits per heavy atom. The lowest BCUT2D eigenvalue weighted by molar-refractivity contribution is 0.912. The molecule has 0 saturated heterocycles. The topological polar surface area (TPSA) is 17.3 Å². The quantitative estimate of drug-likeness (QED) is 0.187. The Balaban J connectivity index is 1.14. The van der Waals surface area contributed by atoms with Gasteiger partial charge in [-0.2, -0.15) is 0 Å². The Hall–Kier alpha value is -5.73. The molecular weight excluding hydrogens is 544 g/mol. The first-order valence-electron chi connectivity index (χ1n) is 15.7. The molecule has 8 aromatic rings. The lowest BCUT2D eigenvalue weighted by atomic mass is 9.88. The fraction of sp³-hybridized carbons (Fsp3) is 0.0465. The normalized spacial score (nSPS) is 15.3. The van der Waals surface area contributed by atoms with Crippen LogP contribution in [-0.2, 0) is 0 Å². The van der Waals surface area contributed by atoms with Crippen molar-refractivity contribution >= 4 is 49.1 Å². The van der Waals surface area contributed by atoms with Crippen molar-refractivity contribution in [2.75, 3.05) is 0 Å². The van der Waals surface area contributed by atoms with E-state index in [0.717, 1.165) is 6.42 Å². The molecule has 2 heteroatoms. The van der Waals surface area contributed by atoms with Crippen molar-refractivity contribution in [1.82, 2.24) is 4.57 Å². The van der Waals surface area contributed by atoms with Crippen LogP contribution in [-0.4, -0.2) is 10.3 Å². The molecule has 0 radical (unpaired) electrons. The summed E-state index contributed by atoms with van der Waals surface area (Å²) in [6.07, 6.45) is 5.21. The molecule has 10 rings (SSSR count). The summed E-state index contributed by atoms with van der Waals surface area (Å²) in [5.41, 5.74) is 12.6. The molecule has 0 bridgehead atoms. The third-order valence-corrected chi connectivity index (χ3v) is 9.93. The predicted octanol–water partition coefficient (Wildman–Crippen LogP) is 11.2. The minimum absolute atomic E-state index is 0.345. The van der Waals surface area contributed by atoms with Gasteiger partial charge in [0.15, 0.2) is 0 Å². The van der Waals surface area contributed by atoms with Gasteiger partial charge in [0, 0.05) is 34.1 Å². The third-order valence-electron chi connectivity index (χ3n) is 9.93. The molecular formula is C43H28N2. The van der Waals surface area contributed by atoms with E-state index in [1.54, 1.807) is 0 Å². The zero-order valence-corrected chi connectivity index (χ0v) is 24.6. The molecule has 0 N–H and O–H groups in total. The summed E-state index contributed by atoms with van der Waals surface area (Å²) in [5.74, 6) is 0.345. The molecule has 2 heterocycles. The fourth-order valence-corrected chi connectivity index (χ4v) is 8.01. The van der Waals surface area contributed by atoms with Crippen molar-refractivity contribution in [3.63, 3.8) is 0 Å². The zero-order valence-electron chi connectivity index (χ0n) is 24.6. The van der Waals surface area contributed by atoms with E-state index in [9.17, 15) is 0 Å². The average molecular weight is 573 g/mol. The van der Waals surface area contributed by atoms with Crippen LogP contribution < -0.4 is 0 Å². The van der Waals surface area contributed by atoms with E-state index in [1.807, 2.05) is 6.20 Å². The van der Waals surface area contributed by atoms with Gasteiger partial charge in [-0.25, -0.2) is 0 Å². The number of aliphatic imine (C=N–C) groups is 1. The molecule has 0 fully saturated rings. The smallest absolute Gasteiger partial charge is 0.0566 e. The van der Waals surface area contributed by atoms with Crippen LogP contribution in [0, 0.1) is 0 Å². The maximum absolute atomic E-state index is 4.92. The Morgan fingerprint density at radius 3 is 2.02 bits per heavy atom. The molecule has 45 heavy (non-hydrogen) atoms. The Morgan fingerprint density at radius 2 is 1.18 bits per heavy atom. The molecule has 0 saturated carbocycles. The molecule has 2 nitrogen and oxygen atoms in total. The molecule has 0 amide bonds. The Kier molecular flexibility index (Phi) is 5.15. The number of benzene rings is 7. The minimum atomic E-state index is 0.345. The zero-order chi connectivity index (χ0) is 29.5. The van der Waals surface area contributed by atoms with Crippen LogP contribution in [0.3, 0.4) is 0 Å². The van der Waals surface area contributed by atoms with E-state index in [1.165, 1.54) is 88.1 Å². The summed E-state index contributed by atoms with van der Waals surface area (Å²) in [4.78, 5) is 4.92. The van der Waals surface area contributed by atoms with Crippen LogP contribution in [0.5, 0.6) is 0 Å². The molecule has 1 unspecified atom stereocenters. The summed E-state index contributed by atoms with van der Waals surface area (Å²) < 4.78 is 2.37. The summed E-state index contributed by atoms with van der Waals surface area (Å²) in [6, 6.07) is 51.2. The highest BCUT2D eigenvalue weighted by Gasteiger charge is 2.33. The monoisotopic (exact) mass is 572 g/mol. The molecule has 2 aliphatic rings. The third kappa shape index (κ3) is 3.48. The van der Waals surface area contributed by atoms with Crippen molar-refractivity contribution in [1.29, 1.82) is 0 Å². The van der Waals surface area contributed by atoms with Crippen LogP contribution >= 0.6 is 0 Å². The molecule has 0 spiro atoms. The van der Waals surface area contributed by atoms with Gasteiger partial charge in [-0.1, -0.05) is 115 Å². The highest BCUT2D eigenvalue weighted by atomic mass is 15.0. The van der Waals surface area contributed by atoms with Gasteiger partial charge in [0.05, 0.1) is 16.7 Å². The van der Waals surface area contributed by atoms with E-state index in [-0.39, 0.29) is 0 Å². The van der Waals surface area contributed by atoms with Gasteiger partial charge in [0.1, 0.15) is 0 Å². The van der Waals surface area contributed by atoms with Crippen molar-refractivity contribution in [2.24, 2.45) is 4.99 Å². The maximum atomic E-state index is 4.92. The van der Waals surface area contributed by atoms with Gasteiger partial charge < -0.3 is 4.57 Å². The van der Waals surface area contributed by atoms with E-state index in [2.05, 4.69) is 150 Å². The molecule has 1 aliphatic carbocycles. The van der Waals surface area contributed by atoms with Crippen LogP contribution in [0.25, 0.3) is 71.3 Å². The van der Waals surface area contributed by atoms with E-state index in [4.69, 9.17) is 4.99 Å². The summed E-state index contributed by atoms with van der Waals surface area (Å²) in [7, 11) is 0. The van der Waals surface area contributed by atoms with E-state index < -0.39 is 0 Å². The first-order valence-corrected chi connectivity index (χ1v) is 15.7. The van der Waals surface area contributed by atoms with Crippen molar-refractivity contribution in [3.8, 4) is 27.9 Å². The number of rotatable bonds is 3. The highest BCUT2D eigenvalue weighted by molar-refractivity contribution is 6.31. The number of hydrogen-bond donors (Lipinski definition) is 0. The van der Waals surface area contributed by atoms with Gasteiger partial charge in [-0.15, -0.1) is 0 Å². The lowest BCUT2D eigenvalue weighted by Gasteiger charge is -2.16. The largest absolute Gasteiger partial charge is 0.309 e. The van der Waals surface area contributed by atoms with E-state index >= 15 is 0 Å². The van der Waals surface area contributed by atoms with Crippen molar-refractivity contribution < 1.29 is 0 Å². The standard InChI is InChI=1S/C43H28N2/c1-2-10-30(11-3-1)45-38-18-7-6-12-31(38)37-26-29(23-24-39(37)45)27-19-21-28(22-20-27)40-32-13-4-5-14-33(32)42-41-34(15-8-16-36(40)41)35-17-9-25-44-43(35)42/h1-16,18-26,35H,17H2. The second kappa shape index (κ2) is 9.38. The Bertz CT molecular complexity index is 2550. The molecule has 1 aliphatic heterocycles. The molecule has 1 aromatic heterocycles. The Labute approximate surface area is 261 Å². The van der Waals surface area contributed by atoms with Gasteiger partial charge in [0.25, 0.3) is 0 Å². The molecule has 1 atom stereocenters. The number of hydrogen-bond acceptors (Lipinski definition) is 1. The van der Waals surface area contributed by atoms with Crippen molar-refractivity contribution in [2.45, 2.75) is 12.3 Å². The number of allylic oxidation sites excluding steroid dienone is 1. The first-order chi connectivity index (χ1) is 22.3. The fourth-order valence-electron chi connectivity index (χ4n) is 8.01. The minimum Gasteiger partial charge on any atom is -0.309 e. The van der Waals surface area contributed by atoms with Gasteiger partial charge in [0.2, 0.25) is 0 Å². The number of nitrogens with zero attached hydrogens (tertiary/aromatic N) is 2. The average Bonchev–Trinajstić information content (AvgIpc) is 3.63. The number of aromatic nitrogens is 1. The summed E-state index contributed by atoms with van der Waals surface area (Å²) in [5, 5.41) is 7.83.